The standard InChI is InChI=1S/C40H45NO6/c1-6-15-33-31(32-18-11-12-19-34(32)40(43)44-5)20-13-21-37(33)45-24-14-25-46-38-27-39(47-28-29-16-9-8-10-17-29)35(26-30(38)7-2)36(42)22-23-41(3)4/h8-13,16-23,26-27H,6-7,14-15,24-25,28H2,1-5H3. The van der Waals surface area contributed by atoms with Crippen molar-refractivity contribution in [3.63, 3.8) is 0 Å². The first-order chi connectivity index (χ1) is 22.9. The summed E-state index contributed by atoms with van der Waals surface area (Å²) in [4.78, 5) is 27.5. The lowest BCUT2D eigenvalue weighted by molar-refractivity contribution is 0.0601. The molecule has 0 heterocycles. The number of allylic oxidation sites excluding steroid dienone is 1. The molecule has 0 N–H and O–H groups in total. The van der Waals surface area contributed by atoms with E-state index in [0.717, 1.165) is 46.4 Å². The van der Waals surface area contributed by atoms with Gasteiger partial charge in [-0.05, 0) is 53.3 Å². The SMILES string of the molecule is CCCc1c(OCCCOc2cc(OCc3ccccc3)c(C(=O)C=CN(C)C)cc2CC)cccc1-c1ccccc1C(=O)OC. The van der Waals surface area contributed by atoms with Crippen LogP contribution in [0.3, 0.4) is 0 Å². The number of ketones is 1. The Morgan fingerprint density at radius 3 is 2.15 bits per heavy atom. The number of carbonyl (C=O) groups is 2. The second-order valence-corrected chi connectivity index (χ2v) is 11.3. The maximum absolute atomic E-state index is 13.2. The number of aryl methyl sites for hydroxylation is 1. The van der Waals surface area contributed by atoms with Crippen molar-refractivity contribution < 1.29 is 28.5 Å². The first-order valence-corrected chi connectivity index (χ1v) is 16.1. The number of ether oxygens (including phenoxy) is 4. The summed E-state index contributed by atoms with van der Waals surface area (Å²) in [5.41, 5.74) is 5.82. The van der Waals surface area contributed by atoms with Gasteiger partial charge in [0.15, 0.2) is 5.78 Å². The third-order valence-electron chi connectivity index (χ3n) is 7.63. The molecule has 0 fully saturated rings. The Morgan fingerprint density at radius 1 is 0.745 bits per heavy atom. The Kier molecular flexibility index (Phi) is 13.0. The highest BCUT2D eigenvalue weighted by Gasteiger charge is 2.19. The molecular formula is C40H45NO6. The van der Waals surface area contributed by atoms with Gasteiger partial charge in [-0.1, -0.05) is 80.9 Å². The molecule has 0 aromatic heterocycles. The van der Waals surface area contributed by atoms with Crippen molar-refractivity contribution in [3.05, 3.63) is 125 Å². The summed E-state index contributed by atoms with van der Waals surface area (Å²) in [6.45, 7) is 5.37. The summed E-state index contributed by atoms with van der Waals surface area (Å²) in [6, 6.07) is 27.0. The maximum Gasteiger partial charge on any atom is 0.338 e. The van der Waals surface area contributed by atoms with Crippen molar-refractivity contribution in [2.24, 2.45) is 0 Å². The largest absolute Gasteiger partial charge is 0.493 e. The van der Waals surface area contributed by atoms with Gasteiger partial charge in [-0.15, -0.1) is 0 Å². The molecule has 0 aliphatic carbocycles. The van der Waals surface area contributed by atoms with Crippen LogP contribution in [0.4, 0.5) is 0 Å². The zero-order chi connectivity index (χ0) is 33.6. The Hall–Kier alpha value is -5.04. The van der Waals surface area contributed by atoms with Crippen LogP contribution in [0.5, 0.6) is 17.2 Å². The van der Waals surface area contributed by atoms with E-state index in [1.165, 1.54) is 7.11 Å². The van der Waals surface area contributed by atoms with E-state index in [-0.39, 0.29) is 11.8 Å². The first-order valence-electron chi connectivity index (χ1n) is 16.1. The van der Waals surface area contributed by atoms with E-state index in [4.69, 9.17) is 18.9 Å². The molecule has 4 aromatic carbocycles. The van der Waals surface area contributed by atoms with Crippen molar-refractivity contribution in [1.29, 1.82) is 0 Å². The molecule has 0 radical (unpaired) electrons. The van der Waals surface area contributed by atoms with Crippen LogP contribution < -0.4 is 14.2 Å². The minimum Gasteiger partial charge on any atom is -0.493 e. The van der Waals surface area contributed by atoms with Crippen LogP contribution in [0.25, 0.3) is 11.1 Å². The van der Waals surface area contributed by atoms with E-state index in [1.807, 2.05) is 105 Å². The Morgan fingerprint density at radius 2 is 1.45 bits per heavy atom. The van der Waals surface area contributed by atoms with Crippen molar-refractivity contribution in [2.45, 2.75) is 46.1 Å². The summed E-state index contributed by atoms with van der Waals surface area (Å²) in [5, 5.41) is 0. The summed E-state index contributed by atoms with van der Waals surface area (Å²) < 4.78 is 23.8. The quantitative estimate of drug-likeness (QED) is 0.0500. The van der Waals surface area contributed by atoms with Crippen LogP contribution in [0.1, 0.15) is 64.1 Å². The van der Waals surface area contributed by atoms with Gasteiger partial charge >= 0.3 is 5.97 Å². The van der Waals surface area contributed by atoms with Gasteiger partial charge in [-0.25, -0.2) is 4.79 Å². The number of hydrogen-bond donors (Lipinski definition) is 0. The molecule has 0 atom stereocenters. The van der Waals surface area contributed by atoms with Crippen LogP contribution in [0.2, 0.25) is 0 Å². The van der Waals surface area contributed by atoms with Crippen LogP contribution in [0, 0.1) is 0 Å². The second kappa shape index (κ2) is 17.6. The molecule has 0 aliphatic heterocycles. The van der Waals surface area contributed by atoms with Crippen LogP contribution in [-0.2, 0) is 24.2 Å². The number of esters is 1. The second-order valence-electron chi connectivity index (χ2n) is 11.3. The lowest BCUT2D eigenvalue weighted by atomic mass is 9.92. The summed E-state index contributed by atoms with van der Waals surface area (Å²) in [5.74, 6) is 1.48. The summed E-state index contributed by atoms with van der Waals surface area (Å²) in [7, 11) is 5.15. The van der Waals surface area contributed by atoms with Gasteiger partial charge in [0.05, 0.1) is 31.5 Å². The van der Waals surface area contributed by atoms with E-state index in [9.17, 15) is 9.59 Å². The molecule has 47 heavy (non-hydrogen) atoms. The van der Waals surface area contributed by atoms with Crippen LogP contribution in [0.15, 0.2) is 97.2 Å². The van der Waals surface area contributed by atoms with Gasteiger partial charge in [0.1, 0.15) is 23.9 Å². The minimum absolute atomic E-state index is 0.129. The summed E-state index contributed by atoms with van der Waals surface area (Å²) >= 11 is 0. The fourth-order valence-corrected chi connectivity index (χ4v) is 5.26. The van der Waals surface area contributed by atoms with Crippen molar-refractivity contribution >= 4 is 11.8 Å². The predicted molar refractivity (Wildman–Crippen MR) is 187 cm³/mol. The molecule has 0 saturated carbocycles. The third kappa shape index (κ3) is 9.49. The molecular weight excluding hydrogens is 590 g/mol. The Balaban J connectivity index is 1.49. The number of hydrogen-bond acceptors (Lipinski definition) is 7. The lowest BCUT2D eigenvalue weighted by Gasteiger charge is -2.18. The molecule has 0 amide bonds. The van der Waals surface area contributed by atoms with Crippen LogP contribution >= 0.6 is 0 Å². The van der Waals surface area contributed by atoms with Crippen molar-refractivity contribution in [1.82, 2.24) is 4.90 Å². The van der Waals surface area contributed by atoms with E-state index < -0.39 is 0 Å². The highest BCUT2D eigenvalue weighted by atomic mass is 16.5. The van der Waals surface area contributed by atoms with Crippen molar-refractivity contribution in [3.8, 4) is 28.4 Å². The topological polar surface area (TPSA) is 74.3 Å². The predicted octanol–water partition coefficient (Wildman–Crippen LogP) is 8.34. The molecule has 0 spiro atoms. The molecule has 7 nitrogen and oxygen atoms in total. The summed E-state index contributed by atoms with van der Waals surface area (Å²) in [6.07, 6.45) is 6.36. The highest BCUT2D eigenvalue weighted by Crippen LogP contribution is 2.35. The van der Waals surface area contributed by atoms with Gasteiger partial charge in [-0.2, -0.15) is 0 Å². The first kappa shape index (κ1) is 34.8. The number of benzene rings is 4. The number of nitrogens with zero attached hydrogens (tertiary/aromatic N) is 1. The molecule has 0 saturated heterocycles. The Bertz CT molecular complexity index is 1660. The Labute approximate surface area is 278 Å². The van der Waals surface area contributed by atoms with E-state index in [0.29, 0.717) is 55.3 Å². The van der Waals surface area contributed by atoms with Crippen LogP contribution in [-0.4, -0.2) is 51.1 Å². The zero-order valence-electron chi connectivity index (χ0n) is 28.1. The third-order valence-corrected chi connectivity index (χ3v) is 7.63. The van der Waals surface area contributed by atoms with E-state index >= 15 is 0 Å². The van der Waals surface area contributed by atoms with E-state index in [2.05, 4.69) is 6.92 Å². The smallest absolute Gasteiger partial charge is 0.338 e. The van der Waals surface area contributed by atoms with Gasteiger partial charge in [0.2, 0.25) is 0 Å². The molecule has 7 heteroatoms. The normalized spacial score (nSPS) is 10.9. The maximum atomic E-state index is 13.2. The lowest BCUT2D eigenvalue weighted by Crippen LogP contribution is -2.10. The fourth-order valence-electron chi connectivity index (χ4n) is 5.26. The monoisotopic (exact) mass is 635 g/mol. The zero-order valence-corrected chi connectivity index (χ0v) is 28.1. The molecule has 246 valence electrons. The van der Waals surface area contributed by atoms with E-state index in [1.54, 1.807) is 18.3 Å². The molecule has 0 aliphatic rings. The van der Waals surface area contributed by atoms with Gasteiger partial charge in [0.25, 0.3) is 0 Å². The highest BCUT2D eigenvalue weighted by molar-refractivity contribution is 6.06. The number of carbonyl (C=O) groups excluding carboxylic acids is 2. The molecule has 4 aromatic rings. The van der Waals surface area contributed by atoms with Crippen molar-refractivity contribution in [2.75, 3.05) is 34.4 Å². The molecule has 4 rings (SSSR count). The average Bonchev–Trinajstić information content (AvgIpc) is 3.10. The van der Waals surface area contributed by atoms with Gasteiger partial charge < -0.3 is 23.8 Å². The minimum atomic E-state index is -0.367. The number of rotatable bonds is 17. The van der Waals surface area contributed by atoms with Gasteiger partial charge in [0, 0.05) is 44.4 Å². The molecule has 0 bridgehead atoms. The molecule has 0 unspecified atom stereocenters. The average molecular weight is 636 g/mol. The van der Waals surface area contributed by atoms with Gasteiger partial charge in [-0.3, -0.25) is 4.79 Å². The number of methoxy groups -OCH3 is 1. The fraction of sp³-hybridized carbons (Fsp3) is 0.300.